The van der Waals surface area contributed by atoms with Crippen LogP contribution in [0.1, 0.15) is 25.3 Å². The van der Waals surface area contributed by atoms with Crippen molar-refractivity contribution in [1.29, 1.82) is 0 Å². The molecule has 1 aromatic carbocycles. The van der Waals surface area contributed by atoms with Crippen molar-refractivity contribution in [3.8, 4) is 5.75 Å². The van der Waals surface area contributed by atoms with Gasteiger partial charge in [-0.25, -0.2) is 0 Å². The molecule has 8 heteroatoms. The maximum absolute atomic E-state index is 12.4. The Labute approximate surface area is 145 Å². The summed E-state index contributed by atoms with van der Waals surface area (Å²) in [5.74, 6) is 0.212. The van der Waals surface area contributed by atoms with Gasteiger partial charge in [0.05, 0.1) is 6.42 Å². The van der Waals surface area contributed by atoms with E-state index in [1.165, 1.54) is 24.3 Å². The van der Waals surface area contributed by atoms with Gasteiger partial charge >= 0.3 is 6.36 Å². The van der Waals surface area contributed by atoms with Crippen molar-refractivity contribution in [3.63, 3.8) is 0 Å². The SMILES string of the molecule is CC1CCN(C(=O)Cc2ccc(OC(F)(F)F)cc2)C(CN)C1.Cl. The Kier molecular flexibility index (Phi) is 7.35. The molecule has 4 nitrogen and oxygen atoms in total. The Balaban J connectivity index is 0.00000288. The number of halogens is 4. The number of nitrogens with two attached hydrogens (primary N) is 1. The van der Waals surface area contributed by atoms with Crippen LogP contribution in [0, 0.1) is 5.92 Å². The fraction of sp³-hybridized carbons (Fsp3) is 0.562. The maximum atomic E-state index is 12.4. The minimum absolute atomic E-state index is 0. The topological polar surface area (TPSA) is 55.6 Å². The van der Waals surface area contributed by atoms with Gasteiger partial charge in [0.25, 0.3) is 0 Å². The first kappa shape index (κ1) is 20.6. The van der Waals surface area contributed by atoms with Crippen LogP contribution in [-0.2, 0) is 11.2 Å². The predicted octanol–water partition coefficient (Wildman–Crippen LogP) is 3.14. The molecule has 0 bridgehead atoms. The molecule has 24 heavy (non-hydrogen) atoms. The van der Waals surface area contributed by atoms with Gasteiger partial charge in [0.2, 0.25) is 5.91 Å². The van der Waals surface area contributed by atoms with Crippen LogP contribution >= 0.6 is 12.4 Å². The minimum Gasteiger partial charge on any atom is -0.406 e. The normalized spacial score (nSPS) is 21.1. The van der Waals surface area contributed by atoms with Crippen molar-refractivity contribution < 1.29 is 22.7 Å². The van der Waals surface area contributed by atoms with Crippen molar-refractivity contribution >= 4 is 18.3 Å². The molecule has 2 unspecified atom stereocenters. The summed E-state index contributed by atoms with van der Waals surface area (Å²) in [5, 5.41) is 0. The minimum atomic E-state index is -4.71. The van der Waals surface area contributed by atoms with Crippen molar-refractivity contribution in [1.82, 2.24) is 4.90 Å². The number of carbonyl (C=O) groups is 1. The molecular weight excluding hydrogens is 345 g/mol. The third kappa shape index (κ3) is 5.87. The molecule has 0 saturated carbocycles. The maximum Gasteiger partial charge on any atom is 0.573 e. The fourth-order valence-electron chi connectivity index (χ4n) is 2.89. The van der Waals surface area contributed by atoms with E-state index in [1.807, 2.05) is 0 Å². The van der Waals surface area contributed by atoms with Gasteiger partial charge in [-0.1, -0.05) is 19.1 Å². The Hall–Kier alpha value is -1.47. The molecule has 1 heterocycles. The van der Waals surface area contributed by atoms with Crippen LogP contribution in [0.15, 0.2) is 24.3 Å². The molecule has 1 amide bonds. The number of alkyl halides is 3. The molecule has 136 valence electrons. The number of hydrogen-bond donors (Lipinski definition) is 1. The highest BCUT2D eigenvalue weighted by Gasteiger charge is 2.31. The Morgan fingerprint density at radius 2 is 1.96 bits per heavy atom. The molecule has 1 aliphatic rings. The van der Waals surface area contributed by atoms with Gasteiger partial charge in [-0.2, -0.15) is 0 Å². The lowest BCUT2D eigenvalue weighted by molar-refractivity contribution is -0.274. The van der Waals surface area contributed by atoms with E-state index in [-0.39, 0.29) is 36.5 Å². The van der Waals surface area contributed by atoms with Crippen molar-refractivity contribution in [3.05, 3.63) is 29.8 Å². The van der Waals surface area contributed by atoms with Crippen LogP contribution in [0.2, 0.25) is 0 Å². The second kappa shape index (κ2) is 8.58. The predicted molar refractivity (Wildman–Crippen MR) is 87.0 cm³/mol. The van der Waals surface area contributed by atoms with E-state index < -0.39 is 6.36 Å². The van der Waals surface area contributed by atoms with Gasteiger partial charge in [-0.3, -0.25) is 4.79 Å². The first-order valence-corrected chi connectivity index (χ1v) is 7.62. The van der Waals surface area contributed by atoms with Crippen LogP contribution in [0.4, 0.5) is 13.2 Å². The molecule has 0 aliphatic carbocycles. The van der Waals surface area contributed by atoms with Crippen LogP contribution in [-0.4, -0.2) is 36.3 Å². The molecule has 2 atom stereocenters. The molecule has 2 rings (SSSR count). The number of amides is 1. The molecule has 1 aromatic rings. The number of hydrogen-bond acceptors (Lipinski definition) is 3. The zero-order valence-electron chi connectivity index (χ0n) is 13.4. The molecule has 1 fully saturated rings. The number of likely N-dealkylation sites (tertiary alicyclic amines) is 1. The van der Waals surface area contributed by atoms with E-state index in [4.69, 9.17) is 5.73 Å². The van der Waals surface area contributed by atoms with Gasteiger partial charge in [-0.05, 0) is 36.5 Å². The van der Waals surface area contributed by atoms with Gasteiger partial charge in [0.1, 0.15) is 5.75 Å². The summed E-state index contributed by atoms with van der Waals surface area (Å²) in [6, 6.07) is 5.43. The van der Waals surface area contributed by atoms with E-state index in [2.05, 4.69) is 11.7 Å². The highest BCUT2D eigenvalue weighted by Crippen LogP contribution is 2.25. The van der Waals surface area contributed by atoms with Gasteiger partial charge in [0.15, 0.2) is 0 Å². The molecule has 1 saturated heterocycles. The van der Waals surface area contributed by atoms with Gasteiger partial charge in [0, 0.05) is 19.1 Å². The number of piperidine rings is 1. The molecular formula is C16H22ClF3N2O2. The molecule has 0 spiro atoms. The summed E-state index contributed by atoms with van der Waals surface area (Å²) in [5.41, 5.74) is 6.40. The largest absolute Gasteiger partial charge is 0.573 e. The van der Waals surface area contributed by atoms with E-state index in [9.17, 15) is 18.0 Å². The van der Waals surface area contributed by atoms with Gasteiger partial charge in [-0.15, -0.1) is 25.6 Å². The van der Waals surface area contributed by atoms with Crippen LogP contribution in [0.25, 0.3) is 0 Å². The second-order valence-electron chi connectivity index (χ2n) is 5.97. The van der Waals surface area contributed by atoms with Crippen LogP contribution in [0.5, 0.6) is 5.75 Å². The summed E-state index contributed by atoms with van der Waals surface area (Å²) >= 11 is 0. The zero-order valence-corrected chi connectivity index (χ0v) is 14.2. The first-order valence-electron chi connectivity index (χ1n) is 7.62. The molecule has 2 N–H and O–H groups in total. The number of rotatable bonds is 4. The monoisotopic (exact) mass is 366 g/mol. The third-order valence-corrected chi connectivity index (χ3v) is 4.08. The average molecular weight is 367 g/mol. The van der Waals surface area contributed by atoms with E-state index in [0.29, 0.717) is 24.6 Å². The van der Waals surface area contributed by atoms with Crippen molar-refractivity contribution in [2.75, 3.05) is 13.1 Å². The number of benzene rings is 1. The number of ether oxygens (including phenoxy) is 1. The first-order chi connectivity index (χ1) is 10.8. The second-order valence-corrected chi connectivity index (χ2v) is 5.97. The number of nitrogens with zero attached hydrogens (tertiary/aromatic N) is 1. The highest BCUT2D eigenvalue weighted by atomic mass is 35.5. The average Bonchev–Trinajstić information content (AvgIpc) is 2.47. The Morgan fingerprint density at radius 1 is 1.33 bits per heavy atom. The lowest BCUT2D eigenvalue weighted by Gasteiger charge is -2.38. The quantitative estimate of drug-likeness (QED) is 0.890. The van der Waals surface area contributed by atoms with Gasteiger partial charge < -0.3 is 15.4 Å². The number of carbonyl (C=O) groups excluding carboxylic acids is 1. The third-order valence-electron chi connectivity index (χ3n) is 4.08. The summed E-state index contributed by atoms with van der Waals surface area (Å²) in [4.78, 5) is 14.2. The Morgan fingerprint density at radius 3 is 2.50 bits per heavy atom. The fourth-order valence-corrected chi connectivity index (χ4v) is 2.89. The standard InChI is InChI=1S/C16H21F3N2O2.ClH/c1-11-6-7-21(13(8-11)10-20)15(22)9-12-2-4-14(5-3-12)23-16(17,18)19;/h2-5,11,13H,6-10,20H2,1H3;1H. The van der Waals surface area contributed by atoms with E-state index >= 15 is 0 Å². The van der Waals surface area contributed by atoms with E-state index in [0.717, 1.165) is 12.8 Å². The lowest BCUT2D eigenvalue weighted by Crippen LogP contribution is -2.49. The summed E-state index contributed by atoms with van der Waals surface area (Å²) in [6.45, 7) is 3.25. The van der Waals surface area contributed by atoms with E-state index in [1.54, 1.807) is 4.90 Å². The Bertz CT molecular complexity index is 537. The summed E-state index contributed by atoms with van der Waals surface area (Å²) in [6.07, 6.45) is -2.73. The molecule has 1 aliphatic heterocycles. The summed E-state index contributed by atoms with van der Waals surface area (Å²) in [7, 11) is 0. The van der Waals surface area contributed by atoms with Crippen LogP contribution in [0.3, 0.4) is 0 Å². The zero-order chi connectivity index (χ0) is 17.0. The summed E-state index contributed by atoms with van der Waals surface area (Å²) < 4.78 is 40.2. The molecule has 0 radical (unpaired) electrons. The molecule has 0 aromatic heterocycles. The van der Waals surface area contributed by atoms with Crippen LogP contribution < -0.4 is 10.5 Å². The smallest absolute Gasteiger partial charge is 0.406 e. The van der Waals surface area contributed by atoms with Crippen molar-refractivity contribution in [2.45, 2.75) is 38.6 Å². The highest BCUT2D eigenvalue weighted by molar-refractivity contribution is 5.85. The van der Waals surface area contributed by atoms with Crippen molar-refractivity contribution in [2.24, 2.45) is 11.7 Å². The lowest BCUT2D eigenvalue weighted by atomic mass is 9.92.